The third-order valence-electron chi connectivity index (χ3n) is 3.47. The van der Waals surface area contributed by atoms with E-state index in [0.717, 1.165) is 28.7 Å². The molecule has 16 heavy (non-hydrogen) atoms. The van der Waals surface area contributed by atoms with E-state index in [-0.39, 0.29) is 0 Å². The van der Waals surface area contributed by atoms with E-state index in [1.54, 1.807) is 0 Å². The van der Waals surface area contributed by atoms with Gasteiger partial charge >= 0.3 is 0 Å². The van der Waals surface area contributed by atoms with Crippen molar-refractivity contribution in [2.45, 2.75) is 32.6 Å². The predicted octanol–water partition coefficient (Wildman–Crippen LogP) is 3.00. The van der Waals surface area contributed by atoms with Crippen molar-refractivity contribution >= 4 is 16.6 Å². The molecular formula is C14H16N2. The molecule has 1 heterocycles. The third kappa shape index (κ3) is 1.37. The summed E-state index contributed by atoms with van der Waals surface area (Å²) >= 11 is 0. The SMILES string of the molecule is Cc1cc(N)c2ccc3c(c2n1)CCCC3. The maximum Gasteiger partial charge on any atom is 0.0760 e. The molecule has 0 amide bonds. The Labute approximate surface area is 95.5 Å². The summed E-state index contributed by atoms with van der Waals surface area (Å²) in [4.78, 5) is 4.67. The number of hydrogen-bond donors (Lipinski definition) is 1. The van der Waals surface area contributed by atoms with Gasteiger partial charge in [-0.1, -0.05) is 12.1 Å². The molecule has 1 aromatic heterocycles. The highest BCUT2D eigenvalue weighted by atomic mass is 14.7. The Morgan fingerprint density at radius 2 is 2.00 bits per heavy atom. The Kier molecular flexibility index (Phi) is 2.10. The van der Waals surface area contributed by atoms with E-state index in [2.05, 4.69) is 17.1 Å². The molecule has 2 N–H and O–H groups in total. The summed E-state index contributed by atoms with van der Waals surface area (Å²) in [6.07, 6.45) is 4.94. The monoisotopic (exact) mass is 212 g/mol. The Morgan fingerprint density at radius 3 is 2.88 bits per heavy atom. The number of benzene rings is 1. The van der Waals surface area contributed by atoms with Gasteiger partial charge < -0.3 is 5.73 Å². The highest BCUT2D eigenvalue weighted by Crippen LogP contribution is 2.30. The van der Waals surface area contributed by atoms with Crippen LogP contribution in [0.1, 0.15) is 29.7 Å². The Morgan fingerprint density at radius 1 is 1.19 bits per heavy atom. The zero-order valence-electron chi connectivity index (χ0n) is 9.59. The van der Waals surface area contributed by atoms with E-state index in [4.69, 9.17) is 5.73 Å². The van der Waals surface area contributed by atoms with Gasteiger partial charge in [0.2, 0.25) is 0 Å². The van der Waals surface area contributed by atoms with E-state index < -0.39 is 0 Å². The first-order valence-electron chi connectivity index (χ1n) is 5.93. The molecule has 1 aromatic carbocycles. The largest absolute Gasteiger partial charge is 0.398 e. The molecule has 0 spiro atoms. The summed E-state index contributed by atoms with van der Waals surface area (Å²) in [6.45, 7) is 2.01. The standard InChI is InChI=1S/C14H16N2/c1-9-8-13(15)12-7-6-10-4-2-3-5-11(10)14(12)16-9/h6-8H,2-5H2,1H3,(H2,15,16). The first kappa shape index (κ1) is 9.64. The van der Waals surface area contributed by atoms with Crippen molar-refractivity contribution in [1.29, 1.82) is 0 Å². The van der Waals surface area contributed by atoms with Crippen LogP contribution in [0.5, 0.6) is 0 Å². The lowest BCUT2D eigenvalue weighted by atomic mass is 9.89. The molecule has 0 saturated carbocycles. The Balaban J connectivity index is 2.38. The van der Waals surface area contributed by atoms with Crippen LogP contribution in [0.3, 0.4) is 0 Å². The summed E-state index contributed by atoms with van der Waals surface area (Å²) in [7, 11) is 0. The molecule has 0 fully saturated rings. The van der Waals surface area contributed by atoms with Crippen LogP contribution in [-0.4, -0.2) is 4.98 Å². The van der Waals surface area contributed by atoms with Gasteiger partial charge in [0.25, 0.3) is 0 Å². The molecule has 1 aliphatic rings. The number of nitrogens with two attached hydrogens (primary N) is 1. The molecule has 0 radical (unpaired) electrons. The highest BCUT2D eigenvalue weighted by molar-refractivity contribution is 5.93. The van der Waals surface area contributed by atoms with Gasteiger partial charge in [-0.05, 0) is 49.8 Å². The summed E-state index contributed by atoms with van der Waals surface area (Å²) < 4.78 is 0. The van der Waals surface area contributed by atoms with Crippen LogP contribution < -0.4 is 5.73 Å². The van der Waals surface area contributed by atoms with Gasteiger partial charge in [0.15, 0.2) is 0 Å². The number of aromatic nitrogens is 1. The van der Waals surface area contributed by atoms with Crippen LogP contribution in [0.2, 0.25) is 0 Å². The normalized spacial score (nSPS) is 15.1. The minimum atomic E-state index is 0.857. The molecule has 2 heteroatoms. The number of hydrogen-bond acceptors (Lipinski definition) is 2. The summed E-state index contributed by atoms with van der Waals surface area (Å²) in [5.41, 5.74) is 12.0. The third-order valence-corrected chi connectivity index (χ3v) is 3.47. The maximum absolute atomic E-state index is 6.05. The van der Waals surface area contributed by atoms with Gasteiger partial charge in [-0.3, -0.25) is 4.98 Å². The van der Waals surface area contributed by atoms with Gasteiger partial charge in [-0.25, -0.2) is 0 Å². The fraction of sp³-hybridized carbons (Fsp3) is 0.357. The highest BCUT2D eigenvalue weighted by Gasteiger charge is 2.14. The molecule has 2 aromatic rings. The quantitative estimate of drug-likeness (QED) is 0.729. The summed E-state index contributed by atoms with van der Waals surface area (Å²) in [6, 6.07) is 6.31. The maximum atomic E-state index is 6.05. The lowest BCUT2D eigenvalue weighted by Gasteiger charge is -2.18. The zero-order valence-corrected chi connectivity index (χ0v) is 9.59. The van der Waals surface area contributed by atoms with Crippen LogP contribution >= 0.6 is 0 Å². The molecule has 2 nitrogen and oxygen atoms in total. The first-order chi connectivity index (χ1) is 7.75. The molecule has 82 valence electrons. The van der Waals surface area contributed by atoms with Crippen LogP contribution in [0.15, 0.2) is 18.2 Å². The van der Waals surface area contributed by atoms with Crippen molar-refractivity contribution in [2.24, 2.45) is 0 Å². The van der Waals surface area contributed by atoms with Gasteiger partial charge in [0.1, 0.15) is 0 Å². The van der Waals surface area contributed by atoms with Crippen molar-refractivity contribution in [3.8, 4) is 0 Å². The van der Waals surface area contributed by atoms with E-state index >= 15 is 0 Å². The lowest BCUT2D eigenvalue weighted by molar-refractivity contribution is 0.689. The zero-order chi connectivity index (χ0) is 11.1. The molecule has 0 atom stereocenters. The second-order valence-electron chi connectivity index (χ2n) is 4.66. The van der Waals surface area contributed by atoms with Gasteiger partial charge in [-0.15, -0.1) is 0 Å². The number of nitrogens with zero attached hydrogens (tertiary/aromatic N) is 1. The minimum absolute atomic E-state index is 0.857. The number of anilines is 1. The number of aryl methyl sites for hydroxylation is 3. The van der Waals surface area contributed by atoms with Crippen molar-refractivity contribution in [1.82, 2.24) is 4.98 Å². The number of rotatable bonds is 0. The van der Waals surface area contributed by atoms with Crippen molar-refractivity contribution in [2.75, 3.05) is 5.73 Å². The van der Waals surface area contributed by atoms with Crippen molar-refractivity contribution < 1.29 is 0 Å². The predicted molar refractivity (Wildman–Crippen MR) is 67.5 cm³/mol. The van der Waals surface area contributed by atoms with Gasteiger partial charge in [0.05, 0.1) is 5.52 Å². The Hall–Kier alpha value is -1.57. The molecule has 0 unspecified atom stereocenters. The van der Waals surface area contributed by atoms with Gasteiger partial charge in [-0.2, -0.15) is 0 Å². The molecule has 1 aliphatic carbocycles. The van der Waals surface area contributed by atoms with E-state index in [0.29, 0.717) is 0 Å². The molecule has 0 bridgehead atoms. The van der Waals surface area contributed by atoms with E-state index in [9.17, 15) is 0 Å². The van der Waals surface area contributed by atoms with Crippen LogP contribution in [0.4, 0.5) is 5.69 Å². The molecular weight excluding hydrogens is 196 g/mol. The van der Waals surface area contributed by atoms with Crippen molar-refractivity contribution in [3.63, 3.8) is 0 Å². The Bertz CT molecular complexity index is 558. The van der Waals surface area contributed by atoms with E-state index in [1.165, 1.54) is 30.4 Å². The van der Waals surface area contributed by atoms with Gasteiger partial charge in [0, 0.05) is 16.8 Å². The number of pyridine rings is 1. The fourth-order valence-electron chi connectivity index (χ4n) is 2.68. The van der Waals surface area contributed by atoms with E-state index in [1.807, 2.05) is 13.0 Å². The van der Waals surface area contributed by atoms with Crippen LogP contribution in [0, 0.1) is 6.92 Å². The average molecular weight is 212 g/mol. The average Bonchev–Trinajstić information content (AvgIpc) is 2.28. The minimum Gasteiger partial charge on any atom is -0.398 e. The summed E-state index contributed by atoms with van der Waals surface area (Å²) in [5, 5.41) is 1.12. The van der Waals surface area contributed by atoms with Crippen LogP contribution in [0.25, 0.3) is 10.9 Å². The summed E-state index contributed by atoms with van der Waals surface area (Å²) in [5.74, 6) is 0. The molecule has 0 saturated heterocycles. The smallest absolute Gasteiger partial charge is 0.0760 e. The topological polar surface area (TPSA) is 38.9 Å². The molecule has 0 aliphatic heterocycles. The second-order valence-corrected chi connectivity index (χ2v) is 4.66. The lowest BCUT2D eigenvalue weighted by Crippen LogP contribution is -2.05. The number of nitrogen functional groups attached to an aromatic ring is 1. The number of fused-ring (bicyclic) bond motifs is 3. The molecule has 3 rings (SSSR count). The fourth-order valence-corrected chi connectivity index (χ4v) is 2.68. The van der Waals surface area contributed by atoms with Crippen LogP contribution in [-0.2, 0) is 12.8 Å². The second kappa shape index (κ2) is 3.48. The van der Waals surface area contributed by atoms with Crippen molar-refractivity contribution in [3.05, 3.63) is 35.0 Å². The first-order valence-corrected chi connectivity index (χ1v) is 5.93.